The maximum absolute atomic E-state index is 12.5. The summed E-state index contributed by atoms with van der Waals surface area (Å²) in [6.07, 6.45) is 0.733. The molecule has 2 amide bonds. The fourth-order valence-corrected chi connectivity index (χ4v) is 3.21. The van der Waals surface area contributed by atoms with Gasteiger partial charge in [0.25, 0.3) is 0 Å². The second-order valence-corrected chi connectivity index (χ2v) is 7.53. The molecule has 0 saturated carbocycles. The molecule has 0 aliphatic rings. The molecule has 0 fully saturated rings. The highest BCUT2D eigenvalue weighted by Gasteiger charge is 2.13. The van der Waals surface area contributed by atoms with Crippen molar-refractivity contribution in [1.82, 2.24) is 4.90 Å². The first-order valence-corrected chi connectivity index (χ1v) is 10.0. The van der Waals surface area contributed by atoms with Gasteiger partial charge in [0.05, 0.1) is 13.1 Å². The molecule has 3 rings (SSSR count). The van der Waals surface area contributed by atoms with E-state index in [1.54, 1.807) is 36.2 Å². The van der Waals surface area contributed by atoms with Crippen LogP contribution in [0.15, 0.2) is 78.9 Å². The highest BCUT2D eigenvalue weighted by molar-refractivity contribution is 6.30. The van der Waals surface area contributed by atoms with Crippen molar-refractivity contribution in [2.75, 3.05) is 30.8 Å². The number of amides is 2. The van der Waals surface area contributed by atoms with E-state index in [4.69, 9.17) is 11.6 Å². The Balaban J connectivity index is 1.52. The molecule has 0 unspecified atom stereocenters. The van der Waals surface area contributed by atoms with Gasteiger partial charge < -0.3 is 10.6 Å². The van der Waals surface area contributed by atoms with Gasteiger partial charge >= 0.3 is 0 Å². The molecular formula is C24H24ClN3O2. The minimum absolute atomic E-state index is 0.0989. The molecule has 2 N–H and O–H groups in total. The highest BCUT2D eigenvalue weighted by Crippen LogP contribution is 2.19. The van der Waals surface area contributed by atoms with Gasteiger partial charge in [0, 0.05) is 16.4 Å². The standard InChI is InChI=1S/C24H24ClN3O2/c1-28(16-23(29)26-21-13-11-20(25)12-14-21)17-24(30)27-22-10-6-5-9-19(22)15-18-7-3-2-4-8-18/h2-14H,15-17H2,1H3,(H,26,29)(H,27,30). The molecule has 0 radical (unpaired) electrons. The lowest BCUT2D eigenvalue weighted by atomic mass is 10.0. The molecule has 30 heavy (non-hydrogen) atoms. The van der Waals surface area contributed by atoms with Crippen LogP contribution in [0.5, 0.6) is 0 Å². The van der Waals surface area contributed by atoms with E-state index < -0.39 is 0 Å². The summed E-state index contributed by atoms with van der Waals surface area (Å²) < 4.78 is 0. The number of carbonyl (C=O) groups is 2. The van der Waals surface area contributed by atoms with E-state index >= 15 is 0 Å². The Labute approximate surface area is 181 Å². The summed E-state index contributed by atoms with van der Waals surface area (Å²) in [6, 6.07) is 24.7. The zero-order valence-corrected chi connectivity index (χ0v) is 17.5. The molecule has 5 nitrogen and oxygen atoms in total. The number of likely N-dealkylation sites (N-methyl/N-ethyl adjacent to an activating group) is 1. The molecule has 0 spiro atoms. The summed E-state index contributed by atoms with van der Waals surface area (Å²) >= 11 is 5.85. The molecular weight excluding hydrogens is 398 g/mol. The Kier molecular flexibility index (Phi) is 7.60. The second-order valence-electron chi connectivity index (χ2n) is 7.10. The van der Waals surface area contributed by atoms with Crippen molar-refractivity contribution in [3.63, 3.8) is 0 Å². The zero-order chi connectivity index (χ0) is 21.3. The third kappa shape index (κ3) is 6.72. The number of carbonyl (C=O) groups excluding carboxylic acids is 2. The van der Waals surface area contributed by atoms with E-state index in [1.165, 1.54) is 5.56 Å². The van der Waals surface area contributed by atoms with Gasteiger partial charge in [0.1, 0.15) is 0 Å². The number of hydrogen-bond donors (Lipinski definition) is 2. The molecule has 0 saturated heterocycles. The van der Waals surface area contributed by atoms with E-state index in [-0.39, 0.29) is 24.9 Å². The number of anilines is 2. The lowest BCUT2D eigenvalue weighted by Gasteiger charge is -2.17. The Hall–Kier alpha value is -3.15. The summed E-state index contributed by atoms with van der Waals surface area (Å²) in [6.45, 7) is 0.204. The Morgan fingerprint density at radius 3 is 2.10 bits per heavy atom. The second kappa shape index (κ2) is 10.6. The minimum atomic E-state index is -0.197. The van der Waals surface area contributed by atoms with Crippen molar-refractivity contribution >= 4 is 34.8 Å². The number of para-hydroxylation sites is 1. The lowest BCUT2D eigenvalue weighted by molar-refractivity contribution is -0.119. The first-order chi connectivity index (χ1) is 14.5. The maximum atomic E-state index is 12.5. The largest absolute Gasteiger partial charge is 0.325 e. The van der Waals surface area contributed by atoms with Crippen LogP contribution in [0, 0.1) is 0 Å². The summed E-state index contributed by atoms with van der Waals surface area (Å²) in [5, 5.41) is 6.36. The van der Waals surface area contributed by atoms with Crippen molar-refractivity contribution in [1.29, 1.82) is 0 Å². The van der Waals surface area contributed by atoms with Gasteiger partial charge in [-0.1, -0.05) is 60.1 Å². The number of nitrogens with one attached hydrogen (secondary N) is 2. The number of rotatable bonds is 8. The van der Waals surface area contributed by atoms with Gasteiger partial charge in [0.2, 0.25) is 11.8 Å². The smallest absolute Gasteiger partial charge is 0.238 e. The molecule has 0 aliphatic heterocycles. The van der Waals surface area contributed by atoms with Gasteiger partial charge in [-0.05, 0) is 54.9 Å². The SMILES string of the molecule is CN(CC(=O)Nc1ccc(Cl)cc1)CC(=O)Nc1ccccc1Cc1ccccc1. The molecule has 3 aromatic carbocycles. The van der Waals surface area contributed by atoms with E-state index in [2.05, 4.69) is 22.8 Å². The topological polar surface area (TPSA) is 61.4 Å². The Morgan fingerprint density at radius 2 is 1.40 bits per heavy atom. The molecule has 0 aromatic heterocycles. The minimum Gasteiger partial charge on any atom is -0.325 e. The summed E-state index contributed by atoms with van der Waals surface area (Å²) in [7, 11) is 1.73. The zero-order valence-electron chi connectivity index (χ0n) is 16.8. The quantitative estimate of drug-likeness (QED) is 0.565. The number of nitrogens with zero attached hydrogens (tertiary/aromatic N) is 1. The Bertz CT molecular complexity index is 991. The number of hydrogen-bond acceptors (Lipinski definition) is 3. The van der Waals surface area contributed by atoms with Crippen LogP contribution < -0.4 is 10.6 Å². The predicted octanol–water partition coefficient (Wildman–Crippen LogP) is 4.44. The molecule has 6 heteroatoms. The van der Waals surface area contributed by atoms with Crippen LogP contribution in [0.3, 0.4) is 0 Å². The maximum Gasteiger partial charge on any atom is 0.238 e. The lowest BCUT2D eigenvalue weighted by Crippen LogP contribution is -2.36. The normalized spacial score (nSPS) is 10.6. The van der Waals surface area contributed by atoms with Gasteiger partial charge in [-0.2, -0.15) is 0 Å². The first kappa shape index (κ1) is 21.6. The van der Waals surface area contributed by atoms with Crippen LogP contribution in [0.25, 0.3) is 0 Å². The van der Waals surface area contributed by atoms with E-state index in [0.717, 1.165) is 17.7 Å². The van der Waals surface area contributed by atoms with Crippen molar-refractivity contribution < 1.29 is 9.59 Å². The number of benzene rings is 3. The van der Waals surface area contributed by atoms with E-state index in [9.17, 15) is 9.59 Å². The van der Waals surface area contributed by atoms with Crippen LogP contribution >= 0.6 is 11.6 Å². The molecule has 0 aliphatic carbocycles. The molecule has 0 heterocycles. The van der Waals surface area contributed by atoms with Gasteiger partial charge in [0.15, 0.2) is 0 Å². The monoisotopic (exact) mass is 421 g/mol. The predicted molar refractivity (Wildman–Crippen MR) is 122 cm³/mol. The first-order valence-electron chi connectivity index (χ1n) is 9.65. The van der Waals surface area contributed by atoms with Gasteiger partial charge in [-0.25, -0.2) is 0 Å². The fraction of sp³-hybridized carbons (Fsp3) is 0.167. The molecule has 3 aromatic rings. The van der Waals surface area contributed by atoms with Gasteiger partial charge in [-0.3, -0.25) is 14.5 Å². The average molecular weight is 422 g/mol. The van der Waals surface area contributed by atoms with Crippen LogP contribution in [-0.2, 0) is 16.0 Å². The van der Waals surface area contributed by atoms with Crippen molar-refractivity contribution in [2.45, 2.75) is 6.42 Å². The summed E-state index contributed by atoms with van der Waals surface area (Å²) in [5.41, 5.74) is 3.66. The van der Waals surface area contributed by atoms with Crippen molar-refractivity contribution in [3.05, 3.63) is 95.0 Å². The highest BCUT2D eigenvalue weighted by atomic mass is 35.5. The molecule has 154 valence electrons. The Morgan fingerprint density at radius 1 is 0.800 bits per heavy atom. The van der Waals surface area contributed by atoms with Crippen LogP contribution in [-0.4, -0.2) is 36.9 Å². The van der Waals surface area contributed by atoms with E-state index in [0.29, 0.717) is 10.7 Å². The summed E-state index contributed by atoms with van der Waals surface area (Å²) in [4.78, 5) is 26.4. The van der Waals surface area contributed by atoms with Crippen LogP contribution in [0.4, 0.5) is 11.4 Å². The third-order valence-electron chi connectivity index (χ3n) is 4.48. The van der Waals surface area contributed by atoms with Gasteiger partial charge in [-0.15, -0.1) is 0 Å². The molecule has 0 atom stereocenters. The van der Waals surface area contributed by atoms with Crippen molar-refractivity contribution in [2.24, 2.45) is 0 Å². The van der Waals surface area contributed by atoms with Crippen LogP contribution in [0.1, 0.15) is 11.1 Å². The van der Waals surface area contributed by atoms with E-state index in [1.807, 2.05) is 42.5 Å². The fourth-order valence-electron chi connectivity index (χ4n) is 3.08. The van der Waals surface area contributed by atoms with Crippen LogP contribution in [0.2, 0.25) is 5.02 Å². The van der Waals surface area contributed by atoms with Crippen molar-refractivity contribution in [3.8, 4) is 0 Å². The molecule has 0 bridgehead atoms. The summed E-state index contributed by atoms with van der Waals surface area (Å²) in [5.74, 6) is -0.366. The average Bonchev–Trinajstić information content (AvgIpc) is 2.71. The third-order valence-corrected chi connectivity index (χ3v) is 4.74. The number of halogens is 1.